The highest BCUT2D eigenvalue weighted by molar-refractivity contribution is 6.28. The minimum atomic E-state index is 0.637. The highest BCUT2D eigenvalue weighted by Crippen LogP contribution is 2.46. The van der Waals surface area contributed by atoms with Crippen molar-refractivity contribution in [2.75, 3.05) is 0 Å². The topological polar surface area (TPSA) is 51.8 Å². The number of fused-ring (bicyclic) bond motifs is 9. The molecular weight excluding hydrogens is 647 g/mol. The van der Waals surface area contributed by atoms with Gasteiger partial charge in [0, 0.05) is 32.8 Å². The Morgan fingerprint density at radius 3 is 1.66 bits per heavy atom. The largest absolute Gasteiger partial charge is 0.455 e. The van der Waals surface area contributed by atoms with E-state index in [-0.39, 0.29) is 0 Å². The van der Waals surface area contributed by atoms with Crippen molar-refractivity contribution in [3.63, 3.8) is 0 Å². The van der Waals surface area contributed by atoms with Gasteiger partial charge in [-0.3, -0.25) is 0 Å². The Morgan fingerprint density at radius 1 is 0.321 bits per heavy atom. The van der Waals surface area contributed by atoms with E-state index in [0.717, 1.165) is 76.7 Å². The molecular formula is C49H29N3O. The molecule has 0 aliphatic rings. The van der Waals surface area contributed by atoms with Gasteiger partial charge in [-0.25, -0.2) is 15.0 Å². The lowest BCUT2D eigenvalue weighted by Crippen LogP contribution is -2.00. The average molecular weight is 676 g/mol. The molecule has 0 fully saturated rings. The van der Waals surface area contributed by atoms with Crippen molar-refractivity contribution < 1.29 is 4.42 Å². The predicted octanol–water partition coefficient (Wildman–Crippen LogP) is 13.1. The second-order valence-corrected chi connectivity index (χ2v) is 13.6. The monoisotopic (exact) mass is 675 g/mol. The molecule has 11 rings (SSSR count). The Morgan fingerprint density at radius 2 is 0.925 bits per heavy atom. The summed E-state index contributed by atoms with van der Waals surface area (Å²) in [4.78, 5) is 14.9. The minimum absolute atomic E-state index is 0.637. The standard InChI is InChI=1S/C49H29N3O/c1-3-13-31(14-4-1)47-50-48(32-15-5-2-6-16-32)52-49(51-47)37-24-25-38-35(26-37)19-11-21-40(38)41-28-36-23-22-30-12-9-10-20-39(30)44(36)46-45(41)42-27-33-17-7-8-18-34(33)29-43(42)53-46/h1-29H. The van der Waals surface area contributed by atoms with Crippen LogP contribution in [-0.4, -0.2) is 15.0 Å². The van der Waals surface area contributed by atoms with Gasteiger partial charge >= 0.3 is 0 Å². The zero-order chi connectivity index (χ0) is 34.9. The predicted molar refractivity (Wildman–Crippen MR) is 219 cm³/mol. The molecule has 0 radical (unpaired) electrons. The van der Waals surface area contributed by atoms with Crippen molar-refractivity contribution in [3.8, 4) is 45.3 Å². The average Bonchev–Trinajstić information content (AvgIpc) is 3.60. The van der Waals surface area contributed by atoms with E-state index in [0.29, 0.717) is 17.5 Å². The molecule has 2 aromatic heterocycles. The van der Waals surface area contributed by atoms with Crippen molar-refractivity contribution in [1.82, 2.24) is 15.0 Å². The third-order valence-corrected chi connectivity index (χ3v) is 10.4. The van der Waals surface area contributed by atoms with Crippen molar-refractivity contribution in [2.45, 2.75) is 0 Å². The minimum Gasteiger partial charge on any atom is -0.455 e. The van der Waals surface area contributed by atoms with Crippen LogP contribution in [0.2, 0.25) is 0 Å². The molecule has 11 aromatic rings. The molecule has 0 atom stereocenters. The van der Waals surface area contributed by atoms with E-state index in [1.165, 1.54) is 16.2 Å². The Kier molecular flexibility index (Phi) is 6.52. The lowest BCUT2D eigenvalue weighted by molar-refractivity contribution is 0.673. The summed E-state index contributed by atoms with van der Waals surface area (Å²) in [6.07, 6.45) is 0. The molecule has 0 N–H and O–H groups in total. The summed E-state index contributed by atoms with van der Waals surface area (Å²) < 4.78 is 6.91. The first-order chi connectivity index (χ1) is 26.2. The first-order valence-corrected chi connectivity index (χ1v) is 17.9. The molecule has 4 nitrogen and oxygen atoms in total. The molecule has 53 heavy (non-hydrogen) atoms. The lowest BCUT2D eigenvalue weighted by atomic mass is 9.90. The third-order valence-electron chi connectivity index (χ3n) is 10.4. The van der Waals surface area contributed by atoms with Gasteiger partial charge in [0.25, 0.3) is 0 Å². The number of benzene rings is 9. The summed E-state index contributed by atoms with van der Waals surface area (Å²) >= 11 is 0. The lowest BCUT2D eigenvalue weighted by Gasteiger charge is -2.13. The summed E-state index contributed by atoms with van der Waals surface area (Å²) in [6, 6.07) is 61.6. The molecule has 2 heterocycles. The van der Waals surface area contributed by atoms with Crippen LogP contribution in [0.4, 0.5) is 0 Å². The maximum atomic E-state index is 6.91. The number of rotatable bonds is 4. The van der Waals surface area contributed by atoms with Gasteiger partial charge in [-0.05, 0) is 73.1 Å². The van der Waals surface area contributed by atoms with Gasteiger partial charge in [0.2, 0.25) is 0 Å². The van der Waals surface area contributed by atoms with Gasteiger partial charge in [0.1, 0.15) is 11.2 Å². The molecule has 0 spiro atoms. The van der Waals surface area contributed by atoms with E-state index >= 15 is 0 Å². The molecule has 0 bridgehead atoms. The fourth-order valence-electron chi connectivity index (χ4n) is 7.92. The second-order valence-electron chi connectivity index (χ2n) is 13.6. The molecule has 0 saturated heterocycles. The normalized spacial score (nSPS) is 11.8. The van der Waals surface area contributed by atoms with Crippen LogP contribution in [0, 0.1) is 0 Å². The number of nitrogens with zero attached hydrogens (tertiary/aromatic N) is 3. The van der Waals surface area contributed by atoms with E-state index in [1.807, 2.05) is 60.7 Å². The van der Waals surface area contributed by atoms with E-state index < -0.39 is 0 Å². The molecule has 0 aliphatic carbocycles. The third kappa shape index (κ3) is 4.80. The fraction of sp³-hybridized carbons (Fsp3) is 0. The van der Waals surface area contributed by atoms with Crippen LogP contribution in [-0.2, 0) is 0 Å². The highest BCUT2D eigenvalue weighted by Gasteiger charge is 2.20. The van der Waals surface area contributed by atoms with Crippen molar-refractivity contribution in [1.29, 1.82) is 0 Å². The first-order valence-electron chi connectivity index (χ1n) is 17.9. The number of hydrogen-bond acceptors (Lipinski definition) is 4. The summed E-state index contributed by atoms with van der Waals surface area (Å²) in [6.45, 7) is 0. The van der Waals surface area contributed by atoms with Crippen LogP contribution >= 0.6 is 0 Å². The molecule has 0 unspecified atom stereocenters. The van der Waals surface area contributed by atoms with Gasteiger partial charge in [0.05, 0.1) is 0 Å². The van der Waals surface area contributed by atoms with Gasteiger partial charge in [0.15, 0.2) is 17.5 Å². The zero-order valence-electron chi connectivity index (χ0n) is 28.5. The summed E-state index contributed by atoms with van der Waals surface area (Å²) in [7, 11) is 0. The van der Waals surface area contributed by atoms with Gasteiger partial charge in [-0.2, -0.15) is 0 Å². The molecule has 246 valence electrons. The van der Waals surface area contributed by atoms with Gasteiger partial charge in [-0.15, -0.1) is 0 Å². The highest BCUT2D eigenvalue weighted by atomic mass is 16.3. The smallest absolute Gasteiger partial charge is 0.164 e. The molecule has 4 heteroatoms. The van der Waals surface area contributed by atoms with E-state index in [1.54, 1.807) is 0 Å². The van der Waals surface area contributed by atoms with Crippen LogP contribution in [0.25, 0.3) is 110 Å². The Labute approximate surface area is 304 Å². The van der Waals surface area contributed by atoms with E-state index in [2.05, 4.69) is 115 Å². The van der Waals surface area contributed by atoms with Crippen molar-refractivity contribution >= 4 is 65.0 Å². The number of aromatic nitrogens is 3. The van der Waals surface area contributed by atoms with Crippen LogP contribution < -0.4 is 0 Å². The Hall–Kier alpha value is -7.17. The van der Waals surface area contributed by atoms with Crippen molar-refractivity contribution in [3.05, 3.63) is 176 Å². The summed E-state index contributed by atoms with van der Waals surface area (Å²) in [5.41, 5.74) is 6.93. The van der Waals surface area contributed by atoms with Gasteiger partial charge < -0.3 is 4.42 Å². The van der Waals surface area contributed by atoms with Crippen LogP contribution in [0.1, 0.15) is 0 Å². The van der Waals surface area contributed by atoms with Crippen LogP contribution in [0.3, 0.4) is 0 Å². The SMILES string of the molecule is c1ccc(-c2nc(-c3ccccc3)nc(-c3ccc4c(-c5cc6ccc7ccccc7c6c6oc7cc8ccccc8cc7c56)cccc4c3)n2)cc1. The maximum Gasteiger partial charge on any atom is 0.164 e. The second kappa shape index (κ2) is 11.7. The Bertz CT molecular complexity index is 3160. The van der Waals surface area contributed by atoms with Gasteiger partial charge in [-0.1, -0.05) is 152 Å². The Balaban J connectivity index is 1.15. The molecule has 0 amide bonds. The molecule has 9 aromatic carbocycles. The number of furan rings is 1. The quantitative estimate of drug-likeness (QED) is 0.174. The van der Waals surface area contributed by atoms with E-state index in [9.17, 15) is 0 Å². The maximum absolute atomic E-state index is 6.91. The summed E-state index contributed by atoms with van der Waals surface area (Å²) in [5, 5.41) is 11.5. The van der Waals surface area contributed by atoms with E-state index in [4.69, 9.17) is 19.4 Å². The first kappa shape index (κ1) is 29.5. The van der Waals surface area contributed by atoms with Crippen molar-refractivity contribution in [2.24, 2.45) is 0 Å². The molecule has 0 saturated carbocycles. The summed E-state index contributed by atoms with van der Waals surface area (Å²) in [5.74, 6) is 1.93. The zero-order valence-corrected chi connectivity index (χ0v) is 28.5. The fourth-order valence-corrected chi connectivity index (χ4v) is 7.92. The van der Waals surface area contributed by atoms with Crippen LogP contribution in [0.15, 0.2) is 180 Å². The molecule has 0 aliphatic heterocycles. The number of hydrogen-bond donors (Lipinski definition) is 0. The van der Waals surface area contributed by atoms with Crippen LogP contribution in [0.5, 0.6) is 0 Å².